The minimum atomic E-state index is -3.34. The summed E-state index contributed by atoms with van der Waals surface area (Å²) in [5.74, 6) is 1.51. The van der Waals surface area contributed by atoms with E-state index in [1.54, 1.807) is 24.4 Å². The van der Waals surface area contributed by atoms with Crippen molar-refractivity contribution in [2.45, 2.75) is 24.3 Å². The molecule has 10 heteroatoms. The van der Waals surface area contributed by atoms with Crippen LogP contribution in [-0.2, 0) is 29.2 Å². The average molecular weight is 529 g/mol. The van der Waals surface area contributed by atoms with Crippen LogP contribution in [0, 0.1) is 0 Å². The van der Waals surface area contributed by atoms with E-state index >= 15 is 0 Å². The monoisotopic (exact) mass is 528 g/mol. The van der Waals surface area contributed by atoms with Crippen LogP contribution in [0.4, 0.5) is 0 Å². The van der Waals surface area contributed by atoms with Crippen LogP contribution in [0.2, 0.25) is 0 Å². The van der Waals surface area contributed by atoms with Gasteiger partial charge in [-0.25, -0.2) is 13.4 Å². The number of sulfone groups is 1. The summed E-state index contributed by atoms with van der Waals surface area (Å²) in [6, 6.07) is 15.4. The Balaban J connectivity index is 1.44. The van der Waals surface area contributed by atoms with Crippen LogP contribution in [0.1, 0.15) is 16.7 Å². The molecular formula is C28H24N4O5S. The van der Waals surface area contributed by atoms with Crippen molar-refractivity contribution in [1.29, 1.82) is 0 Å². The number of benzene rings is 2. The number of aromatic amines is 1. The molecule has 3 aromatic heterocycles. The Bertz CT molecular complexity index is 1770. The predicted octanol–water partition coefficient (Wildman–Crippen LogP) is 4.74. The van der Waals surface area contributed by atoms with Gasteiger partial charge in [0, 0.05) is 35.2 Å². The lowest BCUT2D eigenvalue weighted by Crippen LogP contribution is -2.02. The highest BCUT2D eigenvalue weighted by molar-refractivity contribution is 7.90. The molecule has 0 unspecified atom stereocenters. The van der Waals surface area contributed by atoms with Gasteiger partial charge in [0.05, 0.1) is 22.5 Å². The Morgan fingerprint density at radius 1 is 1.00 bits per heavy atom. The molecule has 0 amide bonds. The van der Waals surface area contributed by atoms with Crippen molar-refractivity contribution >= 4 is 20.9 Å². The lowest BCUT2D eigenvalue weighted by molar-refractivity contribution is 0.372. The maximum Gasteiger partial charge on any atom is 0.198 e. The number of aromatic nitrogens is 4. The van der Waals surface area contributed by atoms with Gasteiger partial charge in [0.1, 0.15) is 17.2 Å². The molecule has 0 atom stereocenters. The number of imidazole rings is 1. The van der Waals surface area contributed by atoms with Gasteiger partial charge in [-0.1, -0.05) is 18.2 Å². The van der Waals surface area contributed by atoms with Gasteiger partial charge in [0.25, 0.3) is 0 Å². The molecule has 0 radical (unpaired) electrons. The normalized spacial score (nSPS) is 13.1. The van der Waals surface area contributed by atoms with Crippen molar-refractivity contribution in [3.63, 3.8) is 0 Å². The number of pyridine rings is 1. The van der Waals surface area contributed by atoms with Crippen LogP contribution in [0.3, 0.4) is 0 Å². The van der Waals surface area contributed by atoms with E-state index in [1.165, 1.54) is 16.7 Å². The maximum absolute atomic E-state index is 11.9. The van der Waals surface area contributed by atoms with Crippen molar-refractivity contribution in [2.24, 2.45) is 0 Å². The maximum atomic E-state index is 11.9. The molecule has 3 N–H and O–H groups in total. The topological polar surface area (TPSA) is 130 Å². The van der Waals surface area contributed by atoms with Gasteiger partial charge < -0.3 is 19.9 Å². The van der Waals surface area contributed by atoms with E-state index in [2.05, 4.69) is 15.0 Å². The Labute approximate surface area is 218 Å². The molecule has 1 aliphatic rings. The molecule has 1 aliphatic carbocycles. The van der Waals surface area contributed by atoms with Crippen molar-refractivity contribution in [3.8, 4) is 34.8 Å². The van der Waals surface area contributed by atoms with E-state index in [-0.39, 0.29) is 23.2 Å². The Hall–Kier alpha value is -4.57. The number of aromatic hydroxyl groups is 2. The summed E-state index contributed by atoms with van der Waals surface area (Å²) in [5, 5.41) is 21.8. The van der Waals surface area contributed by atoms with E-state index in [4.69, 9.17) is 4.74 Å². The first kappa shape index (κ1) is 23.8. The summed E-state index contributed by atoms with van der Waals surface area (Å²) in [7, 11) is -3.34. The standard InChI is InChI=1S/C28H24N4O5S/c1-38(35,36)19-11-9-18(10-12-19)37-25-15-24-23(30-26(31-24)22-8-4-5-13-29-22)14-17(25)16-32-27(33)20-6-2-3-7-21(20)28(32)34/h2-5,8-15,33-34H,6-7,16H2,1H3,(H,30,31). The molecule has 0 saturated heterocycles. The van der Waals surface area contributed by atoms with Gasteiger partial charge in [-0.15, -0.1) is 0 Å². The van der Waals surface area contributed by atoms with E-state index in [1.807, 2.05) is 36.4 Å². The molecule has 9 nitrogen and oxygen atoms in total. The quantitative estimate of drug-likeness (QED) is 0.272. The molecule has 0 saturated carbocycles. The van der Waals surface area contributed by atoms with Crippen LogP contribution in [0.15, 0.2) is 77.8 Å². The largest absolute Gasteiger partial charge is 0.494 e. The fourth-order valence-electron chi connectivity index (χ4n) is 4.65. The van der Waals surface area contributed by atoms with Gasteiger partial charge in [-0.3, -0.25) is 9.55 Å². The van der Waals surface area contributed by atoms with Crippen molar-refractivity contribution < 1.29 is 23.4 Å². The third-order valence-corrected chi connectivity index (χ3v) is 7.73. The van der Waals surface area contributed by atoms with Gasteiger partial charge in [0.2, 0.25) is 0 Å². The number of fused-ring (bicyclic) bond motifs is 2. The zero-order valence-corrected chi connectivity index (χ0v) is 21.2. The van der Waals surface area contributed by atoms with Crippen LogP contribution >= 0.6 is 0 Å². The zero-order chi connectivity index (χ0) is 26.4. The van der Waals surface area contributed by atoms with Gasteiger partial charge in [0.15, 0.2) is 27.4 Å². The van der Waals surface area contributed by atoms with Crippen LogP contribution in [0.25, 0.3) is 22.6 Å². The number of allylic oxidation sites excluding steroid dienone is 2. The van der Waals surface area contributed by atoms with Crippen LogP contribution in [-0.4, -0.2) is 44.4 Å². The number of hydrogen-bond acceptors (Lipinski definition) is 7. The van der Waals surface area contributed by atoms with Crippen molar-refractivity contribution in [1.82, 2.24) is 19.5 Å². The zero-order valence-electron chi connectivity index (χ0n) is 20.4. The Kier molecular flexibility index (Phi) is 5.68. The minimum Gasteiger partial charge on any atom is -0.494 e. The molecule has 5 aromatic rings. The Morgan fingerprint density at radius 2 is 1.71 bits per heavy atom. The summed E-state index contributed by atoms with van der Waals surface area (Å²) in [4.78, 5) is 12.5. The number of nitrogens with one attached hydrogen (secondary N) is 1. The number of hydrogen-bond donors (Lipinski definition) is 3. The number of nitrogens with zero attached hydrogens (tertiary/aromatic N) is 3. The SMILES string of the molecule is CS(=O)(=O)c1ccc(Oc2cc3nc(-c4ccccn4)[nH]c3cc2Cn2c(O)c3c(c2O)CC=CC3)cc1. The molecular weight excluding hydrogens is 504 g/mol. The summed E-state index contributed by atoms with van der Waals surface area (Å²) in [5.41, 5.74) is 4.16. The predicted molar refractivity (Wildman–Crippen MR) is 142 cm³/mol. The first-order chi connectivity index (χ1) is 18.3. The first-order valence-electron chi connectivity index (χ1n) is 12.0. The van der Waals surface area contributed by atoms with Crippen molar-refractivity contribution in [3.05, 3.63) is 89.6 Å². The number of rotatable bonds is 6. The molecule has 0 spiro atoms. The van der Waals surface area contributed by atoms with Crippen LogP contribution < -0.4 is 4.74 Å². The smallest absolute Gasteiger partial charge is 0.198 e. The van der Waals surface area contributed by atoms with E-state index in [9.17, 15) is 18.6 Å². The molecule has 0 fully saturated rings. The number of H-pyrrole nitrogens is 1. The third-order valence-electron chi connectivity index (χ3n) is 6.61. The van der Waals surface area contributed by atoms with E-state index < -0.39 is 9.84 Å². The highest BCUT2D eigenvalue weighted by atomic mass is 32.2. The number of ether oxygens (including phenoxy) is 1. The fraction of sp³-hybridized carbons (Fsp3) is 0.143. The first-order valence-corrected chi connectivity index (χ1v) is 13.9. The van der Waals surface area contributed by atoms with E-state index in [0.29, 0.717) is 58.1 Å². The van der Waals surface area contributed by atoms with Gasteiger partial charge in [-0.2, -0.15) is 0 Å². The summed E-state index contributed by atoms with van der Waals surface area (Å²) >= 11 is 0. The van der Waals surface area contributed by atoms with Crippen molar-refractivity contribution in [2.75, 3.05) is 6.26 Å². The molecule has 3 heterocycles. The highest BCUT2D eigenvalue weighted by Crippen LogP contribution is 2.39. The summed E-state index contributed by atoms with van der Waals surface area (Å²) < 4.78 is 31.4. The van der Waals surface area contributed by atoms with Gasteiger partial charge >= 0.3 is 0 Å². The second-order valence-electron chi connectivity index (χ2n) is 9.19. The second-order valence-corrected chi connectivity index (χ2v) is 11.2. The fourth-order valence-corrected chi connectivity index (χ4v) is 5.29. The van der Waals surface area contributed by atoms with Crippen LogP contribution in [0.5, 0.6) is 23.3 Å². The van der Waals surface area contributed by atoms with Gasteiger partial charge in [-0.05, 0) is 55.3 Å². The average Bonchev–Trinajstić information content (AvgIpc) is 3.43. The summed E-state index contributed by atoms with van der Waals surface area (Å²) in [6.07, 6.45) is 7.87. The molecule has 192 valence electrons. The molecule has 2 aromatic carbocycles. The highest BCUT2D eigenvalue weighted by Gasteiger charge is 2.24. The lowest BCUT2D eigenvalue weighted by atomic mass is 10.0. The summed E-state index contributed by atoms with van der Waals surface area (Å²) in [6.45, 7) is 0.134. The molecule has 0 bridgehead atoms. The third kappa shape index (κ3) is 4.28. The lowest BCUT2D eigenvalue weighted by Gasteiger charge is -2.14. The van der Waals surface area contributed by atoms with E-state index in [0.717, 1.165) is 11.8 Å². The Morgan fingerprint density at radius 3 is 2.34 bits per heavy atom. The second kappa shape index (κ2) is 9.07. The minimum absolute atomic E-state index is 0.0178. The molecule has 6 rings (SSSR count). The molecule has 0 aliphatic heterocycles. The molecule has 38 heavy (non-hydrogen) atoms.